The van der Waals surface area contributed by atoms with Crippen LogP contribution in [0.3, 0.4) is 0 Å². The van der Waals surface area contributed by atoms with Crippen molar-refractivity contribution in [2.45, 2.75) is 58.8 Å². The summed E-state index contributed by atoms with van der Waals surface area (Å²) in [5.74, 6) is 0.716. The molecule has 1 aliphatic carbocycles. The zero-order valence-electron chi connectivity index (χ0n) is 17.4. The van der Waals surface area contributed by atoms with Crippen LogP contribution in [-0.2, 0) is 11.3 Å². The van der Waals surface area contributed by atoms with Crippen molar-refractivity contribution in [2.24, 2.45) is 11.3 Å². The molecule has 1 aliphatic heterocycles. The minimum atomic E-state index is -0.383. The molecule has 0 unspecified atom stereocenters. The largest absolute Gasteiger partial charge is 0.389 e. The Balaban J connectivity index is 1.34. The van der Waals surface area contributed by atoms with Crippen molar-refractivity contribution in [1.82, 2.24) is 9.80 Å². The summed E-state index contributed by atoms with van der Waals surface area (Å²) >= 11 is 0. The second-order valence-electron chi connectivity index (χ2n) is 9.58. The van der Waals surface area contributed by atoms with Crippen LogP contribution >= 0.6 is 0 Å². The SMILES string of the molecule is C[C@H]1C[C@@H](OC[C@@H](O)CN2CCN(Cc3ccccc3)CC2)CC(C)(C)C1. The number of nitrogens with zero attached hydrogens (tertiary/aromatic N) is 2. The number of β-amino-alcohol motifs (C(OH)–C–C–N with tert-alkyl or cyclic N) is 1. The summed E-state index contributed by atoms with van der Waals surface area (Å²) in [7, 11) is 0. The first-order valence-electron chi connectivity index (χ1n) is 10.7. The summed E-state index contributed by atoms with van der Waals surface area (Å²) in [6, 6.07) is 10.7. The average Bonchev–Trinajstić information content (AvgIpc) is 2.61. The second-order valence-corrected chi connectivity index (χ2v) is 9.58. The van der Waals surface area contributed by atoms with Crippen molar-refractivity contribution in [3.63, 3.8) is 0 Å². The van der Waals surface area contributed by atoms with Crippen LogP contribution in [0.5, 0.6) is 0 Å². The number of rotatable bonds is 7. The standard InChI is InChI=1S/C23H38N2O2/c1-19-13-22(15-23(2,3)14-19)27-18-21(26)17-25-11-9-24(10-12-25)16-20-7-5-4-6-8-20/h4-8,19,21-22,26H,9-18H2,1-3H3/t19-,21-,22+/m0/s1. The summed E-state index contributed by atoms with van der Waals surface area (Å²) in [6.07, 6.45) is 3.45. The van der Waals surface area contributed by atoms with E-state index in [1.165, 1.54) is 12.0 Å². The van der Waals surface area contributed by atoms with Crippen molar-refractivity contribution >= 4 is 0 Å². The van der Waals surface area contributed by atoms with Gasteiger partial charge in [0.15, 0.2) is 0 Å². The summed E-state index contributed by atoms with van der Waals surface area (Å²) < 4.78 is 6.11. The van der Waals surface area contributed by atoms with E-state index in [0.717, 1.165) is 52.1 Å². The van der Waals surface area contributed by atoms with E-state index in [1.807, 2.05) is 0 Å². The second kappa shape index (κ2) is 9.51. The van der Waals surface area contributed by atoms with Gasteiger partial charge in [-0.1, -0.05) is 51.1 Å². The average molecular weight is 375 g/mol. The highest BCUT2D eigenvalue weighted by molar-refractivity contribution is 5.14. The first kappa shape index (κ1) is 20.8. The zero-order valence-corrected chi connectivity index (χ0v) is 17.4. The van der Waals surface area contributed by atoms with Crippen molar-refractivity contribution in [1.29, 1.82) is 0 Å². The van der Waals surface area contributed by atoms with E-state index >= 15 is 0 Å². The number of aliphatic hydroxyl groups is 1. The summed E-state index contributed by atoms with van der Waals surface area (Å²) in [5.41, 5.74) is 1.74. The molecular formula is C23H38N2O2. The number of piperazine rings is 1. The molecule has 152 valence electrons. The van der Waals surface area contributed by atoms with Gasteiger partial charge in [0.25, 0.3) is 0 Å². The van der Waals surface area contributed by atoms with Gasteiger partial charge in [0.2, 0.25) is 0 Å². The normalized spacial score (nSPS) is 28.1. The molecular weight excluding hydrogens is 336 g/mol. The van der Waals surface area contributed by atoms with Crippen LogP contribution in [0.4, 0.5) is 0 Å². The van der Waals surface area contributed by atoms with E-state index in [4.69, 9.17) is 4.74 Å². The predicted octanol–water partition coefficient (Wildman–Crippen LogP) is 3.40. The monoisotopic (exact) mass is 374 g/mol. The minimum Gasteiger partial charge on any atom is -0.389 e. The lowest BCUT2D eigenvalue weighted by atomic mass is 9.71. The van der Waals surface area contributed by atoms with Crippen LogP contribution < -0.4 is 0 Å². The smallest absolute Gasteiger partial charge is 0.0900 e. The molecule has 1 aromatic carbocycles. The van der Waals surface area contributed by atoms with Crippen LogP contribution in [0.2, 0.25) is 0 Å². The molecule has 0 amide bonds. The van der Waals surface area contributed by atoms with Gasteiger partial charge >= 0.3 is 0 Å². The molecule has 2 aliphatic rings. The van der Waals surface area contributed by atoms with Crippen LogP contribution in [0, 0.1) is 11.3 Å². The van der Waals surface area contributed by atoms with E-state index in [9.17, 15) is 5.11 Å². The molecule has 3 rings (SSSR count). The maximum Gasteiger partial charge on any atom is 0.0900 e. The predicted molar refractivity (Wildman–Crippen MR) is 111 cm³/mol. The van der Waals surface area contributed by atoms with Crippen molar-refractivity contribution in [3.05, 3.63) is 35.9 Å². The van der Waals surface area contributed by atoms with Gasteiger partial charge < -0.3 is 9.84 Å². The Morgan fingerprint density at radius 2 is 1.74 bits per heavy atom. The van der Waals surface area contributed by atoms with Gasteiger partial charge in [-0.05, 0) is 36.2 Å². The highest BCUT2D eigenvalue weighted by Crippen LogP contribution is 2.39. The van der Waals surface area contributed by atoms with Gasteiger partial charge in [0.05, 0.1) is 18.8 Å². The molecule has 1 saturated heterocycles. The maximum atomic E-state index is 10.4. The molecule has 0 spiro atoms. The Labute approximate surface area is 165 Å². The molecule has 4 nitrogen and oxygen atoms in total. The minimum absolute atomic E-state index is 0.307. The highest BCUT2D eigenvalue weighted by Gasteiger charge is 2.32. The van der Waals surface area contributed by atoms with Crippen LogP contribution in [0.15, 0.2) is 30.3 Å². The van der Waals surface area contributed by atoms with E-state index in [-0.39, 0.29) is 6.10 Å². The lowest BCUT2D eigenvalue weighted by Gasteiger charge is -2.39. The molecule has 0 radical (unpaired) electrons. The fraction of sp³-hybridized carbons (Fsp3) is 0.739. The van der Waals surface area contributed by atoms with Crippen LogP contribution in [0.1, 0.15) is 45.6 Å². The Morgan fingerprint density at radius 3 is 2.41 bits per heavy atom. The maximum absolute atomic E-state index is 10.4. The van der Waals surface area contributed by atoms with Gasteiger partial charge in [-0.3, -0.25) is 9.80 Å². The molecule has 2 fully saturated rings. The first-order valence-corrected chi connectivity index (χ1v) is 10.7. The third-order valence-corrected chi connectivity index (χ3v) is 6.05. The van der Waals surface area contributed by atoms with Gasteiger partial charge in [-0.25, -0.2) is 0 Å². The van der Waals surface area contributed by atoms with Crippen LogP contribution in [-0.4, -0.2) is 66.4 Å². The van der Waals surface area contributed by atoms with Crippen molar-refractivity contribution < 1.29 is 9.84 Å². The fourth-order valence-electron chi connectivity index (χ4n) is 4.95. The topological polar surface area (TPSA) is 35.9 Å². The zero-order chi connectivity index (χ0) is 19.3. The Kier molecular flexibility index (Phi) is 7.32. The van der Waals surface area contributed by atoms with E-state index < -0.39 is 0 Å². The van der Waals surface area contributed by atoms with E-state index in [2.05, 4.69) is 60.9 Å². The van der Waals surface area contributed by atoms with E-state index in [1.54, 1.807) is 0 Å². The number of aliphatic hydroxyl groups excluding tert-OH is 1. The van der Waals surface area contributed by atoms with E-state index in [0.29, 0.717) is 24.0 Å². The molecule has 1 N–H and O–H groups in total. The van der Waals surface area contributed by atoms with Gasteiger partial charge in [-0.2, -0.15) is 0 Å². The molecule has 1 saturated carbocycles. The number of ether oxygens (including phenoxy) is 1. The number of hydrogen-bond acceptors (Lipinski definition) is 4. The van der Waals surface area contributed by atoms with Gasteiger partial charge in [0.1, 0.15) is 0 Å². The van der Waals surface area contributed by atoms with Crippen molar-refractivity contribution in [3.8, 4) is 0 Å². The first-order chi connectivity index (χ1) is 12.9. The number of hydrogen-bond donors (Lipinski definition) is 1. The van der Waals surface area contributed by atoms with Crippen LogP contribution in [0.25, 0.3) is 0 Å². The molecule has 1 heterocycles. The fourth-order valence-corrected chi connectivity index (χ4v) is 4.95. The molecule has 27 heavy (non-hydrogen) atoms. The molecule has 3 atom stereocenters. The third-order valence-electron chi connectivity index (χ3n) is 6.05. The number of benzene rings is 1. The van der Waals surface area contributed by atoms with Gasteiger partial charge in [-0.15, -0.1) is 0 Å². The highest BCUT2D eigenvalue weighted by atomic mass is 16.5. The Bertz CT molecular complexity index is 555. The lowest BCUT2D eigenvalue weighted by Crippen LogP contribution is -2.48. The lowest BCUT2D eigenvalue weighted by molar-refractivity contribution is -0.0634. The summed E-state index contributed by atoms with van der Waals surface area (Å²) in [5, 5.41) is 10.4. The molecule has 4 heteroatoms. The van der Waals surface area contributed by atoms with Crippen molar-refractivity contribution in [2.75, 3.05) is 39.3 Å². The Morgan fingerprint density at radius 1 is 1.07 bits per heavy atom. The molecule has 0 aromatic heterocycles. The third kappa shape index (κ3) is 6.86. The van der Waals surface area contributed by atoms with Gasteiger partial charge in [0, 0.05) is 39.3 Å². The molecule has 1 aromatic rings. The molecule has 0 bridgehead atoms. The summed E-state index contributed by atoms with van der Waals surface area (Å²) in [6.45, 7) is 13.4. The summed E-state index contributed by atoms with van der Waals surface area (Å²) in [4.78, 5) is 4.88. The Hall–Kier alpha value is -0.940. The quantitative estimate of drug-likeness (QED) is 0.794.